The van der Waals surface area contributed by atoms with Crippen LogP contribution in [0.4, 0.5) is 0 Å². The molecule has 0 spiro atoms. The van der Waals surface area contributed by atoms with Crippen molar-refractivity contribution in [3.63, 3.8) is 0 Å². The van der Waals surface area contributed by atoms with Crippen molar-refractivity contribution in [3.05, 3.63) is 46.8 Å². The van der Waals surface area contributed by atoms with Gasteiger partial charge in [-0.15, -0.1) is 0 Å². The zero-order valence-electron chi connectivity index (χ0n) is 12.1. The van der Waals surface area contributed by atoms with Crippen LogP contribution in [0, 0.1) is 6.92 Å². The van der Waals surface area contributed by atoms with Crippen LogP contribution in [0.1, 0.15) is 34.7 Å². The molecule has 2 heterocycles. The minimum absolute atomic E-state index is 0.00657. The number of amides is 1. The molecule has 0 unspecified atom stereocenters. The monoisotopic (exact) mass is 304 g/mol. The largest absolute Gasteiger partial charge is 0.337 e. The highest BCUT2D eigenvalue weighted by molar-refractivity contribution is 6.29. The Morgan fingerprint density at radius 2 is 2.24 bits per heavy atom. The maximum absolute atomic E-state index is 12.8. The highest BCUT2D eigenvalue weighted by atomic mass is 35.5. The number of halogens is 1. The zero-order valence-corrected chi connectivity index (χ0v) is 12.8. The molecule has 1 aliphatic carbocycles. The van der Waals surface area contributed by atoms with Crippen molar-refractivity contribution in [2.24, 2.45) is 7.05 Å². The molecule has 0 aliphatic heterocycles. The van der Waals surface area contributed by atoms with Crippen molar-refractivity contribution in [2.45, 2.75) is 32.4 Å². The number of nitrogens with zero attached hydrogens (tertiary/aromatic N) is 4. The lowest BCUT2D eigenvalue weighted by atomic mass is 10.2. The molecule has 0 N–H and O–H groups in total. The van der Waals surface area contributed by atoms with E-state index < -0.39 is 0 Å². The summed E-state index contributed by atoms with van der Waals surface area (Å²) in [4.78, 5) is 23.1. The number of pyridine rings is 1. The van der Waals surface area contributed by atoms with E-state index in [-0.39, 0.29) is 5.91 Å². The van der Waals surface area contributed by atoms with Gasteiger partial charge in [0.05, 0.1) is 6.54 Å². The molecule has 1 fully saturated rings. The number of carbonyl (C=O) groups is 1. The molecule has 110 valence electrons. The van der Waals surface area contributed by atoms with E-state index in [1.54, 1.807) is 18.3 Å². The highest BCUT2D eigenvalue weighted by Gasteiger charge is 2.34. The van der Waals surface area contributed by atoms with Gasteiger partial charge in [0.2, 0.25) is 0 Å². The fourth-order valence-electron chi connectivity index (χ4n) is 2.37. The quantitative estimate of drug-likeness (QED) is 0.816. The Hall–Kier alpha value is -1.88. The summed E-state index contributed by atoms with van der Waals surface area (Å²) in [6.45, 7) is 2.36. The average molecular weight is 305 g/mol. The molecule has 0 saturated heterocycles. The van der Waals surface area contributed by atoms with E-state index >= 15 is 0 Å². The molecule has 3 rings (SSSR count). The summed E-state index contributed by atoms with van der Waals surface area (Å²) < 4.78 is 1.94. The average Bonchev–Trinajstić information content (AvgIpc) is 3.18. The van der Waals surface area contributed by atoms with E-state index in [2.05, 4.69) is 9.97 Å². The Balaban J connectivity index is 1.86. The first kappa shape index (κ1) is 14.1. The van der Waals surface area contributed by atoms with Gasteiger partial charge < -0.3 is 9.47 Å². The normalized spacial score (nSPS) is 14.2. The van der Waals surface area contributed by atoms with Crippen LogP contribution in [-0.2, 0) is 13.6 Å². The smallest absolute Gasteiger partial charge is 0.254 e. The fourth-order valence-corrected chi connectivity index (χ4v) is 2.62. The van der Waals surface area contributed by atoms with Crippen LogP contribution in [0.25, 0.3) is 0 Å². The van der Waals surface area contributed by atoms with Gasteiger partial charge in [0.1, 0.15) is 11.0 Å². The van der Waals surface area contributed by atoms with Gasteiger partial charge >= 0.3 is 0 Å². The summed E-state index contributed by atoms with van der Waals surface area (Å²) in [5, 5.41) is 0.353. The molecule has 1 amide bonds. The molecule has 0 atom stereocenters. The Morgan fingerprint density at radius 1 is 1.48 bits per heavy atom. The Kier molecular flexibility index (Phi) is 3.68. The van der Waals surface area contributed by atoms with Gasteiger partial charge in [0.25, 0.3) is 5.91 Å². The third-order valence-corrected chi connectivity index (χ3v) is 3.84. The molecular weight excluding hydrogens is 288 g/mol. The molecule has 5 nitrogen and oxygen atoms in total. The lowest BCUT2D eigenvalue weighted by Crippen LogP contribution is -2.33. The minimum atomic E-state index is -0.00657. The first-order valence-corrected chi connectivity index (χ1v) is 7.34. The maximum Gasteiger partial charge on any atom is 0.254 e. The van der Waals surface area contributed by atoms with Crippen LogP contribution in [0.15, 0.2) is 24.5 Å². The third kappa shape index (κ3) is 3.08. The van der Waals surface area contributed by atoms with Gasteiger partial charge in [0.15, 0.2) is 0 Å². The maximum atomic E-state index is 12.8. The first-order chi connectivity index (χ1) is 10.0. The first-order valence-electron chi connectivity index (χ1n) is 6.96. The van der Waals surface area contributed by atoms with E-state index in [4.69, 9.17) is 11.6 Å². The molecule has 0 bridgehead atoms. The molecule has 1 aliphatic rings. The number of hydrogen-bond acceptors (Lipinski definition) is 3. The fraction of sp³-hybridized carbons (Fsp3) is 0.400. The van der Waals surface area contributed by atoms with Gasteiger partial charge in [-0.05, 0) is 31.9 Å². The van der Waals surface area contributed by atoms with E-state index in [1.807, 2.05) is 29.6 Å². The second-order valence-electron chi connectivity index (χ2n) is 5.44. The van der Waals surface area contributed by atoms with Crippen molar-refractivity contribution in [1.82, 2.24) is 19.4 Å². The molecule has 21 heavy (non-hydrogen) atoms. The van der Waals surface area contributed by atoms with Crippen molar-refractivity contribution in [2.75, 3.05) is 0 Å². The van der Waals surface area contributed by atoms with Crippen molar-refractivity contribution >= 4 is 17.5 Å². The molecule has 0 aromatic carbocycles. The van der Waals surface area contributed by atoms with Gasteiger partial charge in [-0.25, -0.2) is 9.97 Å². The van der Waals surface area contributed by atoms with Crippen LogP contribution in [0.2, 0.25) is 5.15 Å². The Bertz CT molecular complexity index is 658. The molecule has 2 aromatic rings. The molecule has 0 radical (unpaired) electrons. The molecule has 6 heteroatoms. The highest BCUT2D eigenvalue weighted by Crippen LogP contribution is 2.30. The Morgan fingerprint density at radius 3 is 2.81 bits per heavy atom. The standard InChI is InChI=1S/C15H17ClN4O/c1-10-7-11(8-13(16)18-10)15(21)20(12-3-4-12)9-14-17-5-6-19(14)2/h5-8,12H,3-4,9H2,1-2H3. The van der Waals surface area contributed by atoms with E-state index in [0.29, 0.717) is 23.3 Å². The van der Waals surface area contributed by atoms with E-state index in [1.165, 1.54) is 0 Å². The number of carbonyl (C=O) groups excluding carboxylic acids is 1. The van der Waals surface area contributed by atoms with Crippen LogP contribution < -0.4 is 0 Å². The number of imidazole rings is 1. The lowest BCUT2D eigenvalue weighted by Gasteiger charge is -2.22. The number of aromatic nitrogens is 3. The minimum Gasteiger partial charge on any atom is -0.337 e. The number of hydrogen-bond donors (Lipinski definition) is 0. The van der Waals surface area contributed by atoms with Crippen LogP contribution in [0.3, 0.4) is 0 Å². The zero-order chi connectivity index (χ0) is 15.0. The second kappa shape index (κ2) is 5.48. The predicted octanol–water partition coefficient (Wildman–Crippen LogP) is 2.58. The summed E-state index contributed by atoms with van der Waals surface area (Å²) in [6, 6.07) is 3.72. The summed E-state index contributed by atoms with van der Waals surface area (Å²) >= 11 is 5.96. The van der Waals surface area contributed by atoms with Crippen molar-refractivity contribution < 1.29 is 4.79 Å². The van der Waals surface area contributed by atoms with Crippen LogP contribution in [0.5, 0.6) is 0 Å². The predicted molar refractivity (Wildman–Crippen MR) is 80.1 cm³/mol. The van der Waals surface area contributed by atoms with E-state index in [0.717, 1.165) is 24.4 Å². The van der Waals surface area contributed by atoms with Crippen LogP contribution in [-0.4, -0.2) is 31.4 Å². The summed E-state index contributed by atoms with van der Waals surface area (Å²) in [5.74, 6) is 0.875. The lowest BCUT2D eigenvalue weighted by molar-refractivity contribution is 0.0724. The van der Waals surface area contributed by atoms with Crippen LogP contribution >= 0.6 is 11.6 Å². The third-order valence-electron chi connectivity index (χ3n) is 3.65. The molecule has 1 saturated carbocycles. The number of rotatable bonds is 4. The van der Waals surface area contributed by atoms with E-state index in [9.17, 15) is 4.79 Å². The van der Waals surface area contributed by atoms with Gasteiger partial charge in [0, 0.05) is 36.7 Å². The van der Waals surface area contributed by atoms with Crippen molar-refractivity contribution in [3.8, 4) is 0 Å². The summed E-state index contributed by atoms with van der Waals surface area (Å²) in [6.07, 6.45) is 5.73. The molecular formula is C15H17ClN4O. The van der Waals surface area contributed by atoms with Gasteiger partial charge in [-0.2, -0.15) is 0 Å². The van der Waals surface area contributed by atoms with Gasteiger partial charge in [-0.1, -0.05) is 11.6 Å². The topological polar surface area (TPSA) is 51.0 Å². The molecule has 2 aromatic heterocycles. The van der Waals surface area contributed by atoms with Gasteiger partial charge in [-0.3, -0.25) is 4.79 Å². The summed E-state index contributed by atoms with van der Waals surface area (Å²) in [5.41, 5.74) is 1.34. The summed E-state index contributed by atoms with van der Waals surface area (Å²) in [7, 11) is 1.94. The van der Waals surface area contributed by atoms with Crippen molar-refractivity contribution in [1.29, 1.82) is 0 Å². The number of aryl methyl sites for hydroxylation is 2. The Labute approximate surface area is 128 Å². The SMILES string of the molecule is Cc1cc(C(=O)N(Cc2nccn2C)C2CC2)cc(Cl)n1. The second-order valence-corrected chi connectivity index (χ2v) is 5.83.